The Morgan fingerprint density at radius 3 is 1.75 bits per heavy atom. The van der Waals surface area contributed by atoms with E-state index in [1.807, 2.05) is 55.5 Å². The number of ether oxygens (including phenoxy) is 1. The third-order valence-corrected chi connectivity index (χ3v) is 6.32. The lowest BCUT2D eigenvalue weighted by Gasteiger charge is -2.14. The molecule has 1 N–H and O–H groups in total. The van der Waals surface area contributed by atoms with Gasteiger partial charge in [-0.1, -0.05) is 56.1 Å². The average Bonchev–Trinajstić information content (AvgIpc) is 3.56. The van der Waals surface area contributed by atoms with Crippen molar-refractivity contribution in [2.24, 2.45) is 0 Å². The summed E-state index contributed by atoms with van der Waals surface area (Å²) < 4.78 is 7.06. The van der Waals surface area contributed by atoms with Crippen molar-refractivity contribution in [2.75, 3.05) is 6.61 Å². The summed E-state index contributed by atoms with van der Waals surface area (Å²) in [6, 6.07) is 15.5. The van der Waals surface area contributed by atoms with Crippen LogP contribution in [-0.2, 0) is 25.2 Å². The van der Waals surface area contributed by atoms with Gasteiger partial charge in [0, 0.05) is 8.95 Å². The van der Waals surface area contributed by atoms with Gasteiger partial charge < -0.3 is 9.84 Å². The summed E-state index contributed by atoms with van der Waals surface area (Å²) in [6.45, 7) is 2.30. The maximum atomic E-state index is 11.8. The molecule has 0 saturated heterocycles. The van der Waals surface area contributed by atoms with Crippen LogP contribution in [0.3, 0.4) is 0 Å². The molecule has 4 rings (SSSR count). The van der Waals surface area contributed by atoms with Gasteiger partial charge in [0.05, 0.1) is 17.4 Å². The zero-order valence-electron chi connectivity index (χ0n) is 15.6. The van der Waals surface area contributed by atoms with Gasteiger partial charge in [-0.05, 0) is 68.0 Å². The fraction of sp³-hybridized carbons (Fsp3) is 0.364. The molecule has 0 bridgehead atoms. The molecule has 2 aliphatic rings. The van der Waals surface area contributed by atoms with E-state index in [0.717, 1.165) is 45.8 Å². The van der Waals surface area contributed by atoms with Gasteiger partial charge in [-0.3, -0.25) is 9.59 Å². The van der Waals surface area contributed by atoms with Gasteiger partial charge in [-0.15, -0.1) is 0 Å². The molecule has 0 aromatic heterocycles. The first-order chi connectivity index (χ1) is 13.3. The quantitative estimate of drug-likeness (QED) is 0.532. The first-order valence-corrected chi connectivity index (χ1v) is 10.9. The summed E-state index contributed by atoms with van der Waals surface area (Å²) in [7, 11) is 0. The maximum absolute atomic E-state index is 11.8. The van der Waals surface area contributed by atoms with Crippen LogP contribution in [0.15, 0.2) is 57.5 Å². The summed E-state index contributed by atoms with van der Waals surface area (Å²) in [5.74, 6) is -0.784. The molecule has 0 aliphatic heterocycles. The van der Waals surface area contributed by atoms with E-state index in [-0.39, 0.29) is 11.4 Å². The molecule has 0 unspecified atom stereocenters. The minimum absolute atomic E-state index is 0.0805. The molecule has 2 fully saturated rings. The van der Waals surface area contributed by atoms with Gasteiger partial charge in [0.15, 0.2) is 0 Å². The summed E-state index contributed by atoms with van der Waals surface area (Å²) in [4.78, 5) is 22.8. The van der Waals surface area contributed by atoms with Crippen LogP contribution in [0.1, 0.15) is 43.7 Å². The largest absolute Gasteiger partial charge is 0.481 e. The van der Waals surface area contributed by atoms with Crippen LogP contribution >= 0.6 is 31.9 Å². The minimum Gasteiger partial charge on any atom is -0.481 e. The van der Waals surface area contributed by atoms with Crippen LogP contribution in [-0.4, -0.2) is 23.7 Å². The van der Waals surface area contributed by atoms with E-state index in [2.05, 4.69) is 31.9 Å². The number of carbonyl (C=O) groups excluding carboxylic acids is 1. The number of rotatable bonds is 5. The number of aliphatic carboxylic acids is 1. The number of esters is 1. The molecule has 0 heterocycles. The van der Waals surface area contributed by atoms with E-state index in [0.29, 0.717) is 6.61 Å². The standard InChI is InChI=1S/C12H13BrO2.C10H9BrO2/c1-2-15-11(14)12(6-7-12)9-4-3-5-10(13)8-9;11-8-3-1-2-7(6-8)10(4-5-10)9(12)13/h3-5,8H,2,6-7H2,1H3;1-3,6H,4-5H2,(H,12,13). The van der Waals surface area contributed by atoms with Crippen LogP contribution in [0.25, 0.3) is 0 Å². The SMILES string of the molecule is CCOC(=O)C1(c2cccc(Br)c2)CC1.O=C(O)C1(c2cccc(Br)c2)CC1. The number of hydrogen-bond acceptors (Lipinski definition) is 3. The average molecular weight is 510 g/mol. The van der Waals surface area contributed by atoms with E-state index in [1.165, 1.54) is 0 Å². The van der Waals surface area contributed by atoms with Gasteiger partial charge in [-0.25, -0.2) is 0 Å². The second kappa shape index (κ2) is 8.37. The predicted octanol–water partition coefficient (Wildman–Crippen LogP) is 5.61. The molecule has 0 spiro atoms. The van der Waals surface area contributed by atoms with Crippen molar-refractivity contribution in [3.8, 4) is 0 Å². The van der Waals surface area contributed by atoms with Gasteiger partial charge in [0.1, 0.15) is 0 Å². The van der Waals surface area contributed by atoms with Crippen molar-refractivity contribution in [3.05, 3.63) is 68.6 Å². The molecule has 2 aromatic rings. The van der Waals surface area contributed by atoms with Gasteiger partial charge in [0.2, 0.25) is 0 Å². The Hall–Kier alpha value is -1.66. The summed E-state index contributed by atoms with van der Waals surface area (Å²) in [5.41, 5.74) is 1.05. The van der Waals surface area contributed by atoms with Crippen molar-refractivity contribution >= 4 is 43.8 Å². The molecule has 28 heavy (non-hydrogen) atoms. The third kappa shape index (κ3) is 4.33. The zero-order valence-corrected chi connectivity index (χ0v) is 18.8. The van der Waals surface area contributed by atoms with Crippen molar-refractivity contribution in [1.82, 2.24) is 0 Å². The molecular formula is C22H22Br2O4. The number of carboxylic acid groups (broad SMARTS) is 1. The zero-order chi connectivity index (χ0) is 20.4. The van der Waals surface area contributed by atoms with E-state index in [1.54, 1.807) is 0 Å². The first-order valence-electron chi connectivity index (χ1n) is 9.27. The highest BCUT2D eigenvalue weighted by Crippen LogP contribution is 2.50. The molecule has 6 heteroatoms. The number of benzene rings is 2. The van der Waals surface area contributed by atoms with Gasteiger partial charge >= 0.3 is 11.9 Å². The Morgan fingerprint density at radius 1 is 0.929 bits per heavy atom. The fourth-order valence-electron chi connectivity index (χ4n) is 3.33. The van der Waals surface area contributed by atoms with Crippen molar-refractivity contribution < 1.29 is 19.4 Å². The van der Waals surface area contributed by atoms with Crippen LogP contribution in [0.4, 0.5) is 0 Å². The number of hydrogen-bond donors (Lipinski definition) is 1. The summed E-state index contributed by atoms with van der Waals surface area (Å²) in [6.07, 6.45) is 3.34. The highest BCUT2D eigenvalue weighted by Gasteiger charge is 2.53. The highest BCUT2D eigenvalue weighted by molar-refractivity contribution is 9.10. The summed E-state index contributed by atoms with van der Waals surface area (Å²) in [5, 5.41) is 9.03. The molecule has 4 nitrogen and oxygen atoms in total. The molecule has 0 atom stereocenters. The molecule has 2 saturated carbocycles. The summed E-state index contributed by atoms with van der Waals surface area (Å²) >= 11 is 6.76. The Balaban J connectivity index is 0.000000162. The highest BCUT2D eigenvalue weighted by atomic mass is 79.9. The smallest absolute Gasteiger partial charge is 0.316 e. The van der Waals surface area contributed by atoms with Crippen molar-refractivity contribution in [2.45, 2.75) is 43.4 Å². The van der Waals surface area contributed by atoms with E-state index < -0.39 is 11.4 Å². The fourth-order valence-corrected chi connectivity index (χ4v) is 4.13. The predicted molar refractivity (Wildman–Crippen MR) is 114 cm³/mol. The molecular weight excluding hydrogens is 488 g/mol. The van der Waals surface area contributed by atoms with Crippen LogP contribution < -0.4 is 0 Å². The number of carboxylic acids is 1. The van der Waals surface area contributed by atoms with E-state index in [4.69, 9.17) is 9.84 Å². The van der Waals surface area contributed by atoms with E-state index >= 15 is 0 Å². The Labute approximate surface area is 181 Å². The normalized spacial score (nSPS) is 17.7. The van der Waals surface area contributed by atoms with E-state index in [9.17, 15) is 9.59 Å². The lowest BCUT2D eigenvalue weighted by molar-refractivity contribution is -0.146. The molecule has 0 radical (unpaired) electrons. The topological polar surface area (TPSA) is 63.6 Å². The molecule has 2 aliphatic carbocycles. The minimum atomic E-state index is -0.703. The lowest BCUT2D eigenvalue weighted by atomic mass is 9.96. The molecule has 2 aromatic carbocycles. The number of carbonyl (C=O) groups is 2. The van der Waals surface area contributed by atoms with Crippen LogP contribution in [0.2, 0.25) is 0 Å². The maximum Gasteiger partial charge on any atom is 0.316 e. The van der Waals surface area contributed by atoms with Crippen LogP contribution in [0.5, 0.6) is 0 Å². The van der Waals surface area contributed by atoms with Crippen LogP contribution in [0, 0.1) is 0 Å². The van der Waals surface area contributed by atoms with Crippen molar-refractivity contribution in [3.63, 3.8) is 0 Å². The number of halogens is 2. The monoisotopic (exact) mass is 508 g/mol. The second-order valence-electron chi connectivity index (χ2n) is 7.21. The van der Waals surface area contributed by atoms with Gasteiger partial charge in [0.25, 0.3) is 0 Å². The first kappa shape index (κ1) is 21.1. The third-order valence-electron chi connectivity index (χ3n) is 5.33. The molecule has 0 amide bonds. The van der Waals surface area contributed by atoms with Gasteiger partial charge in [-0.2, -0.15) is 0 Å². The Morgan fingerprint density at radius 2 is 1.39 bits per heavy atom. The van der Waals surface area contributed by atoms with Crippen molar-refractivity contribution in [1.29, 1.82) is 0 Å². The Kier molecular flexibility index (Phi) is 6.30. The second-order valence-corrected chi connectivity index (χ2v) is 9.04. The lowest BCUT2D eigenvalue weighted by Crippen LogP contribution is -2.23. The molecule has 148 valence electrons. The Bertz CT molecular complexity index is 886.